The first-order valence-electron chi connectivity index (χ1n) is 7.14. The van der Waals surface area contributed by atoms with Gasteiger partial charge in [-0.15, -0.1) is 0 Å². The predicted molar refractivity (Wildman–Crippen MR) is 87.1 cm³/mol. The van der Waals surface area contributed by atoms with E-state index in [-0.39, 0.29) is 0 Å². The van der Waals surface area contributed by atoms with E-state index >= 15 is 0 Å². The summed E-state index contributed by atoms with van der Waals surface area (Å²) in [7, 11) is 0. The fourth-order valence-corrected chi connectivity index (χ4v) is 2.25. The van der Waals surface area contributed by atoms with Gasteiger partial charge in [-0.1, -0.05) is 24.3 Å². The lowest BCUT2D eigenvalue weighted by molar-refractivity contribution is 0.442. The van der Waals surface area contributed by atoms with Crippen molar-refractivity contribution in [2.75, 3.05) is 0 Å². The van der Waals surface area contributed by atoms with Gasteiger partial charge in [-0.05, 0) is 29.8 Å². The highest BCUT2D eigenvalue weighted by atomic mass is 16.5. The van der Waals surface area contributed by atoms with E-state index in [0.717, 1.165) is 22.2 Å². The third-order valence-corrected chi connectivity index (χ3v) is 3.38. The van der Waals surface area contributed by atoms with Gasteiger partial charge in [-0.2, -0.15) is 0 Å². The van der Waals surface area contributed by atoms with Gasteiger partial charge >= 0.3 is 6.01 Å². The SMILES string of the molecule is c1ccc(Oc2ncc(-c3ccc4nccnc4c3)cn2)cc1. The monoisotopic (exact) mass is 300 g/mol. The highest BCUT2D eigenvalue weighted by molar-refractivity contribution is 5.80. The molecule has 5 nitrogen and oxygen atoms in total. The molecule has 2 heterocycles. The fraction of sp³-hybridized carbons (Fsp3) is 0. The Balaban J connectivity index is 1.61. The minimum Gasteiger partial charge on any atom is -0.424 e. The molecule has 0 aliphatic heterocycles. The first-order chi connectivity index (χ1) is 11.4. The molecule has 0 atom stereocenters. The van der Waals surface area contributed by atoms with Crippen molar-refractivity contribution in [2.45, 2.75) is 0 Å². The van der Waals surface area contributed by atoms with E-state index in [9.17, 15) is 0 Å². The molecule has 0 unspecified atom stereocenters. The van der Waals surface area contributed by atoms with Gasteiger partial charge in [0.25, 0.3) is 0 Å². The smallest absolute Gasteiger partial charge is 0.321 e. The van der Waals surface area contributed by atoms with Gasteiger partial charge in [0.15, 0.2) is 0 Å². The van der Waals surface area contributed by atoms with Crippen LogP contribution in [0, 0.1) is 0 Å². The molecule has 0 spiro atoms. The molecule has 0 N–H and O–H groups in total. The third kappa shape index (κ3) is 2.85. The standard InChI is InChI=1S/C18H12N4O/c1-2-4-15(5-3-1)23-18-21-11-14(12-22-18)13-6-7-16-17(10-13)20-9-8-19-16/h1-12H. The van der Waals surface area contributed by atoms with E-state index in [1.165, 1.54) is 0 Å². The number of para-hydroxylation sites is 1. The highest BCUT2D eigenvalue weighted by Gasteiger charge is 2.04. The maximum Gasteiger partial charge on any atom is 0.321 e. The summed E-state index contributed by atoms with van der Waals surface area (Å²) in [6.45, 7) is 0. The Hall–Kier alpha value is -3.34. The molecule has 0 saturated heterocycles. The topological polar surface area (TPSA) is 60.8 Å². The average Bonchev–Trinajstić information content (AvgIpc) is 2.63. The molecule has 0 bridgehead atoms. The molecule has 4 aromatic rings. The second-order valence-corrected chi connectivity index (χ2v) is 4.93. The molecule has 0 amide bonds. The van der Waals surface area contributed by atoms with Crippen LogP contribution in [-0.2, 0) is 0 Å². The lowest BCUT2D eigenvalue weighted by Gasteiger charge is -2.05. The summed E-state index contributed by atoms with van der Waals surface area (Å²) in [5, 5.41) is 0. The summed E-state index contributed by atoms with van der Waals surface area (Å²) >= 11 is 0. The van der Waals surface area contributed by atoms with Gasteiger partial charge in [-0.3, -0.25) is 9.97 Å². The van der Waals surface area contributed by atoms with Gasteiger partial charge in [0.05, 0.1) is 11.0 Å². The largest absolute Gasteiger partial charge is 0.424 e. The van der Waals surface area contributed by atoms with Crippen LogP contribution < -0.4 is 4.74 Å². The second-order valence-electron chi connectivity index (χ2n) is 4.93. The zero-order valence-corrected chi connectivity index (χ0v) is 12.1. The molecular weight excluding hydrogens is 288 g/mol. The summed E-state index contributed by atoms with van der Waals surface area (Å²) in [6, 6.07) is 15.7. The number of nitrogens with zero attached hydrogens (tertiary/aromatic N) is 4. The van der Waals surface area contributed by atoms with E-state index in [0.29, 0.717) is 11.8 Å². The minimum atomic E-state index is 0.320. The van der Waals surface area contributed by atoms with E-state index in [1.807, 2.05) is 48.5 Å². The summed E-state index contributed by atoms with van der Waals surface area (Å²) in [4.78, 5) is 17.1. The summed E-state index contributed by atoms with van der Waals surface area (Å²) < 4.78 is 5.59. The molecule has 0 aliphatic rings. The van der Waals surface area contributed by atoms with Crippen LogP contribution in [0.3, 0.4) is 0 Å². The summed E-state index contributed by atoms with van der Waals surface area (Å²) in [5.41, 5.74) is 3.60. The maximum atomic E-state index is 5.59. The van der Waals surface area contributed by atoms with Crippen molar-refractivity contribution in [3.05, 3.63) is 73.3 Å². The summed E-state index contributed by atoms with van der Waals surface area (Å²) in [6.07, 6.45) is 6.84. The van der Waals surface area contributed by atoms with Crippen LogP contribution in [0.5, 0.6) is 11.8 Å². The average molecular weight is 300 g/mol. The Labute approximate surface area is 132 Å². The van der Waals surface area contributed by atoms with E-state index in [1.54, 1.807) is 24.8 Å². The van der Waals surface area contributed by atoms with Crippen LogP contribution in [0.15, 0.2) is 73.3 Å². The quantitative estimate of drug-likeness (QED) is 0.574. The Bertz CT molecular complexity index is 940. The highest BCUT2D eigenvalue weighted by Crippen LogP contribution is 2.23. The Morgan fingerprint density at radius 1 is 0.652 bits per heavy atom. The second kappa shape index (κ2) is 5.81. The zero-order valence-electron chi connectivity index (χ0n) is 12.1. The molecule has 2 aromatic carbocycles. The van der Waals surface area contributed by atoms with Gasteiger partial charge in [0.1, 0.15) is 5.75 Å². The number of hydrogen-bond donors (Lipinski definition) is 0. The molecule has 4 rings (SSSR count). The maximum absolute atomic E-state index is 5.59. The van der Waals surface area contributed by atoms with Gasteiger partial charge in [0.2, 0.25) is 0 Å². The molecule has 110 valence electrons. The first-order valence-corrected chi connectivity index (χ1v) is 7.14. The molecule has 0 saturated carbocycles. The van der Waals surface area contributed by atoms with Crippen molar-refractivity contribution >= 4 is 11.0 Å². The number of benzene rings is 2. The number of aromatic nitrogens is 4. The van der Waals surface area contributed by atoms with Crippen LogP contribution in [0.1, 0.15) is 0 Å². The predicted octanol–water partition coefficient (Wildman–Crippen LogP) is 3.88. The van der Waals surface area contributed by atoms with Crippen LogP contribution >= 0.6 is 0 Å². The molecular formula is C18H12N4O. The molecule has 0 fully saturated rings. The van der Waals surface area contributed by atoms with Crippen molar-refractivity contribution in [1.82, 2.24) is 19.9 Å². The Morgan fingerprint density at radius 3 is 2.17 bits per heavy atom. The Morgan fingerprint density at radius 2 is 1.39 bits per heavy atom. The lowest BCUT2D eigenvalue weighted by Crippen LogP contribution is -1.92. The zero-order chi connectivity index (χ0) is 15.5. The minimum absolute atomic E-state index is 0.320. The van der Waals surface area contributed by atoms with E-state index < -0.39 is 0 Å². The number of fused-ring (bicyclic) bond motifs is 1. The Kier molecular flexibility index (Phi) is 3.37. The lowest BCUT2D eigenvalue weighted by atomic mass is 10.1. The molecule has 23 heavy (non-hydrogen) atoms. The van der Waals surface area contributed by atoms with Gasteiger partial charge in [0, 0.05) is 30.4 Å². The summed E-state index contributed by atoms with van der Waals surface area (Å²) in [5.74, 6) is 0.709. The molecule has 0 aliphatic carbocycles. The third-order valence-electron chi connectivity index (χ3n) is 3.38. The fourth-order valence-electron chi connectivity index (χ4n) is 2.25. The van der Waals surface area contributed by atoms with Gasteiger partial charge < -0.3 is 4.74 Å². The van der Waals surface area contributed by atoms with Crippen molar-refractivity contribution in [3.8, 4) is 22.9 Å². The first kappa shape index (κ1) is 13.3. The van der Waals surface area contributed by atoms with Crippen molar-refractivity contribution < 1.29 is 4.74 Å². The number of hydrogen-bond acceptors (Lipinski definition) is 5. The molecule has 0 radical (unpaired) electrons. The van der Waals surface area contributed by atoms with E-state index in [4.69, 9.17) is 4.74 Å². The number of ether oxygens (including phenoxy) is 1. The normalized spacial score (nSPS) is 10.6. The van der Waals surface area contributed by atoms with Crippen molar-refractivity contribution in [1.29, 1.82) is 0 Å². The van der Waals surface area contributed by atoms with Crippen molar-refractivity contribution in [3.63, 3.8) is 0 Å². The molecule has 5 heteroatoms. The van der Waals surface area contributed by atoms with Gasteiger partial charge in [-0.25, -0.2) is 9.97 Å². The van der Waals surface area contributed by atoms with Crippen LogP contribution in [-0.4, -0.2) is 19.9 Å². The van der Waals surface area contributed by atoms with Crippen molar-refractivity contribution in [2.24, 2.45) is 0 Å². The van der Waals surface area contributed by atoms with E-state index in [2.05, 4.69) is 19.9 Å². The van der Waals surface area contributed by atoms with Crippen LogP contribution in [0.2, 0.25) is 0 Å². The molecule has 2 aromatic heterocycles. The van der Waals surface area contributed by atoms with Crippen LogP contribution in [0.25, 0.3) is 22.2 Å². The van der Waals surface area contributed by atoms with Crippen LogP contribution in [0.4, 0.5) is 0 Å². The number of rotatable bonds is 3.